The Morgan fingerprint density at radius 3 is 2.38 bits per heavy atom. The Hall–Kier alpha value is -2.60. The van der Waals surface area contributed by atoms with Crippen LogP contribution in [0.4, 0.5) is 0 Å². The summed E-state index contributed by atoms with van der Waals surface area (Å²) in [5.74, 6) is -0.368. The predicted molar refractivity (Wildman–Crippen MR) is 99.0 cm³/mol. The largest absolute Gasteiger partial charge is 0.481 e. The summed E-state index contributed by atoms with van der Waals surface area (Å²) >= 11 is 0. The van der Waals surface area contributed by atoms with Crippen molar-refractivity contribution in [2.24, 2.45) is 0 Å². The molecule has 0 unspecified atom stereocenters. The Balaban J connectivity index is 1.95. The number of aryl methyl sites for hydroxylation is 2. The second-order valence-electron chi connectivity index (χ2n) is 7.49. The maximum atomic E-state index is 12.4. The van der Waals surface area contributed by atoms with Crippen LogP contribution < -0.4 is 5.32 Å². The number of nitrogens with one attached hydrogen (secondary N) is 1. The fourth-order valence-electron chi connectivity index (χ4n) is 2.84. The summed E-state index contributed by atoms with van der Waals surface area (Å²) in [5.41, 5.74) is 1.21. The van der Waals surface area contributed by atoms with Gasteiger partial charge in [-0.15, -0.1) is 0 Å². The van der Waals surface area contributed by atoms with Gasteiger partial charge in [0, 0.05) is 6.42 Å². The van der Waals surface area contributed by atoms with Gasteiger partial charge in [0.05, 0.1) is 40.2 Å². The van der Waals surface area contributed by atoms with Crippen molar-refractivity contribution in [1.29, 1.82) is 0 Å². The average molecular weight is 359 g/mol. The van der Waals surface area contributed by atoms with E-state index in [0.717, 1.165) is 12.2 Å². The normalized spacial score (nSPS) is 12.6. The van der Waals surface area contributed by atoms with Crippen LogP contribution in [0.3, 0.4) is 0 Å². The summed E-state index contributed by atoms with van der Waals surface area (Å²) in [5, 5.41) is 11.8. The predicted octanol–water partition coefficient (Wildman–Crippen LogP) is 2.34. The molecule has 1 aromatic carbocycles. The number of quaternary nitrogens is 1. The lowest BCUT2D eigenvalue weighted by Gasteiger charge is -2.28. The zero-order chi connectivity index (χ0) is 19.2. The van der Waals surface area contributed by atoms with Crippen LogP contribution in [0.25, 0.3) is 0 Å². The first-order valence-corrected chi connectivity index (χ1v) is 8.69. The molecular weight excluding hydrogens is 332 g/mol. The summed E-state index contributed by atoms with van der Waals surface area (Å²) in [6, 6.07) is 13.0. The first-order valence-electron chi connectivity index (χ1n) is 8.69. The third kappa shape index (κ3) is 6.72. The molecule has 0 bridgehead atoms. The van der Waals surface area contributed by atoms with Crippen molar-refractivity contribution in [1.82, 2.24) is 5.32 Å². The van der Waals surface area contributed by atoms with E-state index in [1.54, 1.807) is 12.1 Å². The lowest BCUT2D eigenvalue weighted by Crippen LogP contribution is -2.49. The SMILES string of the molecule is C[N+](C)(C)C[C@@H](CC(=O)O)NC(=O)c1ccc(CCc2ccccc2)o1. The minimum absolute atomic E-state index is 0.122. The van der Waals surface area contributed by atoms with E-state index in [0.29, 0.717) is 17.4 Å². The minimum atomic E-state index is -0.938. The van der Waals surface area contributed by atoms with Gasteiger partial charge in [0.25, 0.3) is 5.91 Å². The van der Waals surface area contributed by atoms with E-state index < -0.39 is 12.0 Å². The van der Waals surface area contributed by atoms with Gasteiger partial charge in [-0.1, -0.05) is 30.3 Å². The van der Waals surface area contributed by atoms with Crippen LogP contribution in [0.5, 0.6) is 0 Å². The molecule has 2 N–H and O–H groups in total. The lowest BCUT2D eigenvalue weighted by molar-refractivity contribution is -0.871. The topological polar surface area (TPSA) is 79.5 Å². The van der Waals surface area contributed by atoms with Crippen molar-refractivity contribution in [2.45, 2.75) is 25.3 Å². The monoisotopic (exact) mass is 359 g/mol. The maximum absolute atomic E-state index is 12.4. The van der Waals surface area contributed by atoms with Gasteiger partial charge in [0.1, 0.15) is 5.76 Å². The quantitative estimate of drug-likeness (QED) is 0.674. The lowest BCUT2D eigenvalue weighted by atomic mass is 10.1. The van der Waals surface area contributed by atoms with Crippen LogP contribution in [-0.4, -0.2) is 55.2 Å². The number of hydrogen-bond donors (Lipinski definition) is 2. The molecule has 0 aliphatic heterocycles. The number of furan rings is 1. The van der Waals surface area contributed by atoms with Gasteiger partial charge in [0.2, 0.25) is 0 Å². The number of carboxylic acids is 1. The third-order valence-corrected chi connectivity index (χ3v) is 3.91. The molecule has 2 rings (SSSR count). The highest BCUT2D eigenvalue weighted by Crippen LogP contribution is 2.12. The second-order valence-corrected chi connectivity index (χ2v) is 7.49. The Morgan fingerprint density at radius 1 is 1.08 bits per heavy atom. The molecule has 140 valence electrons. The Labute approximate surface area is 154 Å². The highest BCUT2D eigenvalue weighted by molar-refractivity contribution is 5.92. The summed E-state index contributed by atoms with van der Waals surface area (Å²) in [7, 11) is 5.86. The molecule has 0 saturated carbocycles. The number of nitrogens with zero attached hydrogens (tertiary/aromatic N) is 1. The highest BCUT2D eigenvalue weighted by atomic mass is 16.4. The van der Waals surface area contributed by atoms with Crippen LogP contribution in [0.15, 0.2) is 46.9 Å². The fraction of sp³-hybridized carbons (Fsp3) is 0.400. The number of benzene rings is 1. The van der Waals surface area contributed by atoms with Crippen molar-refractivity contribution in [3.8, 4) is 0 Å². The zero-order valence-electron chi connectivity index (χ0n) is 15.6. The van der Waals surface area contributed by atoms with Gasteiger partial charge in [-0.3, -0.25) is 9.59 Å². The van der Waals surface area contributed by atoms with Gasteiger partial charge in [0.15, 0.2) is 5.76 Å². The molecule has 1 heterocycles. The van der Waals surface area contributed by atoms with E-state index in [-0.39, 0.29) is 18.1 Å². The third-order valence-electron chi connectivity index (χ3n) is 3.91. The number of carbonyl (C=O) groups excluding carboxylic acids is 1. The maximum Gasteiger partial charge on any atom is 0.305 e. The zero-order valence-corrected chi connectivity index (χ0v) is 15.6. The molecule has 6 nitrogen and oxygen atoms in total. The van der Waals surface area contributed by atoms with E-state index in [9.17, 15) is 9.59 Å². The molecule has 26 heavy (non-hydrogen) atoms. The molecule has 0 aliphatic carbocycles. The van der Waals surface area contributed by atoms with Gasteiger partial charge in [-0.05, 0) is 24.1 Å². The molecule has 1 aromatic heterocycles. The Kier molecular flexibility index (Phi) is 6.58. The number of carboxylic acid groups (broad SMARTS) is 1. The number of hydrogen-bond acceptors (Lipinski definition) is 3. The van der Waals surface area contributed by atoms with E-state index in [4.69, 9.17) is 9.52 Å². The van der Waals surface area contributed by atoms with Crippen molar-refractivity contribution < 1.29 is 23.6 Å². The highest BCUT2D eigenvalue weighted by Gasteiger charge is 2.24. The number of carbonyl (C=O) groups is 2. The van der Waals surface area contributed by atoms with Gasteiger partial charge in [-0.25, -0.2) is 0 Å². The van der Waals surface area contributed by atoms with Crippen LogP contribution in [-0.2, 0) is 17.6 Å². The van der Waals surface area contributed by atoms with E-state index in [2.05, 4.69) is 17.4 Å². The molecule has 0 radical (unpaired) electrons. The summed E-state index contributed by atoms with van der Waals surface area (Å²) in [6.45, 7) is 0.514. The van der Waals surface area contributed by atoms with Crippen LogP contribution in [0.2, 0.25) is 0 Å². The molecule has 0 fully saturated rings. The Morgan fingerprint density at radius 2 is 1.77 bits per heavy atom. The number of aliphatic carboxylic acids is 1. The van der Waals surface area contributed by atoms with Crippen LogP contribution >= 0.6 is 0 Å². The van der Waals surface area contributed by atoms with Crippen LogP contribution in [0.1, 0.15) is 28.3 Å². The summed E-state index contributed by atoms with van der Waals surface area (Å²) in [4.78, 5) is 23.5. The number of amides is 1. The fourth-order valence-corrected chi connectivity index (χ4v) is 2.84. The molecule has 0 saturated heterocycles. The van der Waals surface area contributed by atoms with Crippen molar-refractivity contribution >= 4 is 11.9 Å². The standard InChI is InChI=1S/C20H26N2O4/c1-22(2,3)14-16(13-19(23)24)21-20(25)18-12-11-17(26-18)10-9-15-7-5-4-6-8-15/h4-8,11-12,16H,9-10,13-14H2,1-3H3,(H-,21,23,24,25)/p+1/t16-/m1/s1. The van der Waals surface area contributed by atoms with Crippen molar-refractivity contribution in [3.63, 3.8) is 0 Å². The molecule has 2 aromatic rings. The molecule has 1 amide bonds. The molecule has 0 aliphatic rings. The van der Waals surface area contributed by atoms with Crippen LogP contribution in [0, 0.1) is 0 Å². The average Bonchev–Trinajstić information content (AvgIpc) is 3.00. The first-order chi connectivity index (χ1) is 12.2. The van der Waals surface area contributed by atoms with E-state index in [1.165, 1.54) is 5.56 Å². The van der Waals surface area contributed by atoms with Gasteiger partial charge < -0.3 is 19.3 Å². The minimum Gasteiger partial charge on any atom is -0.481 e. The van der Waals surface area contributed by atoms with Crippen molar-refractivity contribution in [2.75, 3.05) is 27.7 Å². The van der Waals surface area contributed by atoms with Gasteiger partial charge >= 0.3 is 5.97 Å². The summed E-state index contributed by atoms with van der Waals surface area (Å²) in [6.07, 6.45) is 1.41. The Bertz CT molecular complexity index is 732. The molecular formula is C20H27N2O4+. The summed E-state index contributed by atoms with van der Waals surface area (Å²) < 4.78 is 6.19. The number of rotatable bonds is 9. The first kappa shape index (κ1) is 19.7. The van der Waals surface area contributed by atoms with E-state index in [1.807, 2.05) is 39.3 Å². The number of likely N-dealkylation sites (N-methyl/N-ethyl adjacent to an activating group) is 1. The molecule has 0 spiro atoms. The second kappa shape index (κ2) is 8.67. The smallest absolute Gasteiger partial charge is 0.305 e. The van der Waals surface area contributed by atoms with E-state index >= 15 is 0 Å². The molecule has 1 atom stereocenters. The molecule has 6 heteroatoms. The van der Waals surface area contributed by atoms with Crippen molar-refractivity contribution in [3.05, 3.63) is 59.5 Å². The van der Waals surface area contributed by atoms with Gasteiger partial charge in [-0.2, -0.15) is 0 Å².